The number of hydrogen-bond donors (Lipinski definition) is 2. The fraction of sp³-hybridized carbons (Fsp3) is 0.463. The number of anilines is 1. The smallest absolute Gasteiger partial charge is 0.274 e. The number of aromatic nitrogens is 3. The van der Waals surface area contributed by atoms with Crippen molar-refractivity contribution in [1.82, 2.24) is 24.8 Å². The predicted molar refractivity (Wildman–Crippen MR) is 221 cm³/mol. The molecule has 0 radical (unpaired) electrons. The molecule has 0 spiro atoms. The zero-order chi connectivity index (χ0) is 39.5. The van der Waals surface area contributed by atoms with Crippen LogP contribution in [0.5, 0.6) is 11.6 Å². The van der Waals surface area contributed by atoms with E-state index in [0.29, 0.717) is 69.4 Å². The summed E-state index contributed by atoms with van der Waals surface area (Å²) in [5.74, 6) is 0.667. The molecule has 14 heteroatoms. The maximum Gasteiger partial charge on any atom is 0.274 e. The molecule has 0 saturated carbocycles. The zero-order valence-corrected chi connectivity index (χ0v) is 35.4. The van der Waals surface area contributed by atoms with Gasteiger partial charge in [0.2, 0.25) is 5.88 Å². The molecule has 0 unspecified atom stereocenters. The summed E-state index contributed by atoms with van der Waals surface area (Å²) in [6.45, 7) is 16.3. The van der Waals surface area contributed by atoms with E-state index >= 15 is 0 Å². The number of amides is 1. The Balaban J connectivity index is 1.19. The minimum absolute atomic E-state index is 0.147. The van der Waals surface area contributed by atoms with Crippen LogP contribution in [0.2, 0.25) is 28.2 Å². The van der Waals surface area contributed by atoms with E-state index in [1.807, 2.05) is 30.3 Å². The molecule has 1 amide bonds. The molecule has 4 heterocycles. The van der Waals surface area contributed by atoms with Gasteiger partial charge in [-0.15, -0.1) is 0 Å². The number of piperidine rings is 1. The van der Waals surface area contributed by atoms with Gasteiger partial charge in [-0.3, -0.25) is 19.6 Å². The second-order valence-corrected chi connectivity index (χ2v) is 21.3. The Morgan fingerprint density at radius 3 is 2.35 bits per heavy atom. The van der Waals surface area contributed by atoms with E-state index in [-0.39, 0.29) is 16.8 Å². The lowest BCUT2D eigenvalue weighted by molar-refractivity contribution is 0.0781. The SMILES string of the molecule is COc1cc(C(=O)Nc2cccc(-c3cccc(-c4cnc(CN5CCC(O)CC5)c(OC)n4)c3Cl)c2Cl)nc2c1CCN(CCO[Si](C)(C)C(C)(C)C)C2. The maximum absolute atomic E-state index is 13.8. The van der Waals surface area contributed by atoms with E-state index in [1.165, 1.54) is 0 Å². The fourth-order valence-corrected chi connectivity index (χ4v) is 8.38. The van der Waals surface area contributed by atoms with Crippen molar-refractivity contribution < 1.29 is 23.8 Å². The molecule has 6 rings (SSSR count). The average molecular weight is 808 g/mol. The van der Waals surface area contributed by atoms with E-state index in [4.69, 9.17) is 52.1 Å². The first-order valence-corrected chi connectivity index (χ1v) is 22.5. The Hall–Kier alpha value is -3.62. The standard InChI is InChI=1S/C41H52Cl2N6O5Si/c1-41(2,3)55(6,7)54-21-20-49-19-16-29-34(24-49)45-32(22-36(29)52-4)39(51)46-31-13-9-11-28(38(31)43)27-10-8-12-30(37(27)42)33-23-44-35(40(47-33)53-5)25-48-17-14-26(50)15-18-48/h8-13,22-23,26,50H,14-21,24-25H2,1-7H3,(H,46,51). The third-order valence-electron chi connectivity index (χ3n) is 11.1. The largest absolute Gasteiger partial charge is 0.496 e. The van der Waals surface area contributed by atoms with Crippen LogP contribution in [0.1, 0.15) is 61.1 Å². The number of aliphatic hydroxyl groups excluding tert-OH is 1. The van der Waals surface area contributed by atoms with Crippen LogP contribution in [0.3, 0.4) is 0 Å². The molecular formula is C41H52Cl2N6O5Si. The summed E-state index contributed by atoms with van der Waals surface area (Å²) in [4.78, 5) is 32.6. The Labute approximate surface area is 335 Å². The van der Waals surface area contributed by atoms with Gasteiger partial charge in [-0.2, -0.15) is 0 Å². The molecule has 11 nitrogen and oxygen atoms in total. The second kappa shape index (κ2) is 17.3. The Morgan fingerprint density at radius 2 is 1.65 bits per heavy atom. The van der Waals surface area contributed by atoms with Crippen molar-refractivity contribution in [2.75, 3.05) is 52.3 Å². The lowest BCUT2D eigenvalue weighted by Crippen LogP contribution is -2.43. The Morgan fingerprint density at radius 1 is 0.964 bits per heavy atom. The van der Waals surface area contributed by atoms with Crippen molar-refractivity contribution in [2.24, 2.45) is 0 Å². The van der Waals surface area contributed by atoms with Gasteiger partial charge in [0.25, 0.3) is 5.91 Å². The van der Waals surface area contributed by atoms with Crippen LogP contribution in [0.4, 0.5) is 5.69 Å². The third kappa shape index (κ3) is 9.34. The molecule has 0 atom stereocenters. The van der Waals surface area contributed by atoms with Gasteiger partial charge in [-0.1, -0.05) is 74.3 Å². The molecule has 2 aliphatic heterocycles. The fourth-order valence-electron chi connectivity index (χ4n) is 6.74. The van der Waals surface area contributed by atoms with Gasteiger partial charge >= 0.3 is 0 Å². The number of rotatable bonds is 12. The minimum Gasteiger partial charge on any atom is -0.496 e. The number of aliphatic hydroxyl groups is 1. The van der Waals surface area contributed by atoms with Gasteiger partial charge in [-0.05, 0) is 43.5 Å². The number of hydrogen-bond acceptors (Lipinski definition) is 10. The Kier molecular flexibility index (Phi) is 12.9. The maximum atomic E-state index is 13.8. The van der Waals surface area contributed by atoms with E-state index in [1.54, 1.807) is 32.5 Å². The number of pyridine rings is 1. The van der Waals surface area contributed by atoms with Crippen molar-refractivity contribution >= 4 is 43.1 Å². The number of carbonyl (C=O) groups is 1. The number of benzene rings is 2. The quantitative estimate of drug-likeness (QED) is 0.136. The molecule has 2 N–H and O–H groups in total. The number of methoxy groups -OCH3 is 2. The first kappa shape index (κ1) is 41.0. The molecule has 294 valence electrons. The number of ether oxygens (including phenoxy) is 2. The van der Waals surface area contributed by atoms with E-state index in [2.05, 4.69) is 49.0 Å². The summed E-state index contributed by atoms with van der Waals surface area (Å²) in [6, 6.07) is 12.8. The van der Waals surface area contributed by atoms with Crippen molar-refractivity contribution in [3.05, 3.63) is 81.4 Å². The molecule has 4 aromatic rings. The van der Waals surface area contributed by atoms with Gasteiger partial charge < -0.3 is 24.3 Å². The van der Waals surface area contributed by atoms with Gasteiger partial charge in [0.15, 0.2) is 8.32 Å². The number of carbonyl (C=O) groups excluding carboxylic acids is 1. The summed E-state index contributed by atoms with van der Waals surface area (Å²) in [7, 11) is 1.34. The van der Waals surface area contributed by atoms with Crippen LogP contribution >= 0.6 is 23.2 Å². The van der Waals surface area contributed by atoms with Crippen LogP contribution in [-0.2, 0) is 23.9 Å². The average Bonchev–Trinajstić information content (AvgIpc) is 3.16. The molecule has 2 aromatic carbocycles. The minimum atomic E-state index is -1.85. The normalized spacial score (nSPS) is 15.8. The summed E-state index contributed by atoms with van der Waals surface area (Å²) >= 11 is 14.1. The van der Waals surface area contributed by atoms with E-state index < -0.39 is 14.2 Å². The highest BCUT2D eigenvalue weighted by Crippen LogP contribution is 2.42. The number of halogens is 2. The van der Waals surface area contributed by atoms with Gasteiger partial charge in [0, 0.05) is 74.2 Å². The van der Waals surface area contributed by atoms with Crippen molar-refractivity contribution in [1.29, 1.82) is 0 Å². The lowest BCUT2D eigenvalue weighted by Gasteiger charge is -2.37. The molecule has 2 aliphatic rings. The predicted octanol–water partition coefficient (Wildman–Crippen LogP) is 8.12. The third-order valence-corrected chi connectivity index (χ3v) is 16.4. The summed E-state index contributed by atoms with van der Waals surface area (Å²) in [5.41, 5.74) is 5.75. The molecule has 1 fully saturated rings. The van der Waals surface area contributed by atoms with Gasteiger partial charge in [0.1, 0.15) is 17.1 Å². The first-order valence-electron chi connectivity index (χ1n) is 18.8. The zero-order valence-electron chi connectivity index (χ0n) is 32.8. The molecule has 1 saturated heterocycles. The number of fused-ring (bicyclic) bond motifs is 1. The molecule has 0 bridgehead atoms. The van der Waals surface area contributed by atoms with Crippen LogP contribution < -0.4 is 14.8 Å². The van der Waals surface area contributed by atoms with Crippen molar-refractivity contribution in [2.45, 2.75) is 77.4 Å². The van der Waals surface area contributed by atoms with Gasteiger partial charge in [-0.25, -0.2) is 9.97 Å². The van der Waals surface area contributed by atoms with Crippen molar-refractivity contribution in [3.63, 3.8) is 0 Å². The van der Waals surface area contributed by atoms with E-state index in [0.717, 1.165) is 62.4 Å². The van der Waals surface area contributed by atoms with Crippen LogP contribution in [0, 0.1) is 0 Å². The second-order valence-electron chi connectivity index (χ2n) is 15.8. The molecule has 2 aromatic heterocycles. The molecular weight excluding hydrogens is 755 g/mol. The number of likely N-dealkylation sites (tertiary alicyclic amines) is 1. The number of nitrogens with one attached hydrogen (secondary N) is 1. The van der Waals surface area contributed by atoms with E-state index in [9.17, 15) is 9.90 Å². The topological polar surface area (TPSA) is 122 Å². The van der Waals surface area contributed by atoms with Crippen LogP contribution in [0.25, 0.3) is 22.4 Å². The highest BCUT2D eigenvalue weighted by Gasteiger charge is 2.37. The highest BCUT2D eigenvalue weighted by atomic mass is 35.5. The molecule has 0 aliphatic carbocycles. The molecule has 55 heavy (non-hydrogen) atoms. The van der Waals surface area contributed by atoms with Crippen LogP contribution in [0.15, 0.2) is 48.7 Å². The summed E-state index contributed by atoms with van der Waals surface area (Å²) in [6.07, 6.45) is 3.68. The van der Waals surface area contributed by atoms with Crippen LogP contribution in [-0.4, -0.2) is 97.2 Å². The highest BCUT2D eigenvalue weighted by molar-refractivity contribution is 6.74. The summed E-state index contributed by atoms with van der Waals surface area (Å²) < 4.78 is 17.8. The number of nitrogens with zero attached hydrogens (tertiary/aromatic N) is 5. The van der Waals surface area contributed by atoms with Crippen molar-refractivity contribution in [3.8, 4) is 34.0 Å². The first-order chi connectivity index (χ1) is 26.2. The lowest BCUT2D eigenvalue weighted by atomic mass is 10.0. The van der Waals surface area contributed by atoms with Gasteiger partial charge in [0.05, 0.1) is 53.6 Å². The monoisotopic (exact) mass is 806 g/mol. The summed E-state index contributed by atoms with van der Waals surface area (Å²) in [5, 5.41) is 13.8. The Bertz CT molecular complexity index is 2020.